The maximum Gasteiger partial charge on any atom is 0.130 e. The standard InChI is InChI=1S/C55H35ClN2/c1-35-42-21-8-13-26-49(42)54-50(35)34-53(56)57-55(54)40-19-14-20-41(31-40)58-51-32-38(45-24-11-9-22-43(45)36-15-4-2-5-16-36)27-29-47(51)48-30-28-39(33-52(48)58)46-25-12-10-23-44(46)37-17-6-3-7-18-37/h2-34H,1H2. The molecule has 10 aromatic rings. The normalized spacial score (nSPS) is 11.9. The molecule has 0 N–H and O–H groups in total. The summed E-state index contributed by atoms with van der Waals surface area (Å²) in [6, 6.07) is 71.6. The second kappa shape index (κ2) is 13.7. The van der Waals surface area contributed by atoms with Gasteiger partial charge in [-0.2, -0.15) is 0 Å². The van der Waals surface area contributed by atoms with E-state index in [4.69, 9.17) is 16.6 Å². The van der Waals surface area contributed by atoms with Crippen LogP contribution in [-0.2, 0) is 0 Å². The van der Waals surface area contributed by atoms with Crippen LogP contribution < -0.4 is 0 Å². The fourth-order valence-electron chi connectivity index (χ4n) is 8.98. The van der Waals surface area contributed by atoms with Crippen LogP contribution in [0.3, 0.4) is 0 Å². The molecular formula is C55H35ClN2. The molecule has 0 spiro atoms. The predicted octanol–water partition coefficient (Wildman–Crippen LogP) is 15.2. The Morgan fingerprint density at radius 3 is 1.40 bits per heavy atom. The van der Waals surface area contributed by atoms with Crippen LogP contribution in [0.2, 0.25) is 5.15 Å². The van der Waals surface area contributed by atoms with E-state index >= 15 is 0 Å². The smallest absolute Gasteiger partial charge is 0.130 e. The fraction of sp³-hybridized carbons (Fsp3) is 0. The Morgan fingerprint density at radius 2 is 0.845 bits per heavy atom. The number of halogens is 1. The Labute approximate surface area is 342 Å². The van der Waals surface area contributed by atoms with Gasteiger partial charge in [0.2, 0.25) is 0 Å². The number of aromatic nitrogens is 2. The first-order chi connectivity index (χ1) is 28.6. The summed E-state index contributed by atoms with van der Waals surface area (Å²) in [7, 11) is 0. The second-order valence-electron chi connectivity index (χ2n) is 14.9. The lowest BCUT2D eigenvalue weighted by Gasteiger charge is -2.15. The second-order valence-corrected chi connectivity index (χ2v) is 15.3. The Kier molecular flexibility index (Phi) is 8.06. The third kappa shape index (κ3) is 5.53. The van der Waals surface area contributed by atoms with Crippen molar-refractivity contribution in [2.24, 2.45) is 0 Å². The quantitative estimate of drug-likeness (QED) is 0.154. The van der Waals surface area contributed by atoms with E-state index in [1.54, 1.807) is 0 Å². The lowest BCUT2D eigenvalue weighted by Crippen LogP contribution is -1.97. The van der Waals surface area contributed by atoms with Crippen molar-refractivity contribution in [3.63, 3.8) is 0 Å². The van der Waals surface area contributed by atoms with Crippen LogP contribution in [0.5, 0.6) is 0 Å². The van der Waals surface area contributed by atoms with Crippen LogP contribution in [0.15, 0.2) is 207 Å². The highest BCUT2D eigenvalue weighted by molar-refractivity contribution is 6.30. The zero-order valence-electron chi connectivity index (χ0n) is 31.5. The van der Waals surface area contributed by atoms with Crippen LogP contribution >= 0.6 is 11.6 Å². The fourth-order valence-corrected chi connectivity index (χ4v) is 9.17. The number of hydrogen-bond donors (Lipinski definition) is 0. The summed E-state index contributed by atoms with van der Waals surface area (Å²) in [4.78, 5) is 5.00. The zero-order valence-corrected chi connectivity index (χ0v) is 32.3. The third-order valence-electron chi connectivity index (χ3n) is 11.6. The molecule has 1 aliphatic rings. The first-order valence-electron chi connectivity index (χ1n) is 19.6. The molecule has 0 saturated carbocycles. The third-order valence-corrected chi connectivity index (χ3v) is 11.8. The van der Waals surface area contributed by atoms with E-state index in [1.165, 1.54) is 44.2 Å². The molecule has 2 nitrogen and oxygen atoms in total. The largest absolute Gasteiger partial charge is 0.309 e. The lowest BCUT2D eigenvalue weighted by atomic mass is 9.93. The summed E-state index contributed by atoms with van der Waals surface area (Å²) in [6.45, 7) is 4.47. The molecule has 0 unspecified atom stereocenters. The average Bonchev–Trinajstić information content (AvgIpc) is 3.77. The van der Waals surface area contributed by atoms with E-state index in [0.29, 0.717) is 5.15 Å². The topological polar surface area (TPSA) is 17.8 Å². The van der Waals surface area contributed by atoms with Gasteiger partial charge in [0.25, 0.3) is 0 Å². The monoisotopic (exact) mass is 758 g/mol. The van der Waals surface area contributed by atoms with E-state index < -0.39 is 0 Å². The first kappa shape index (κ1) is 34.0. The minimum absolute atomic E-state index is 0.452. The van der Waals surface area contributed by atoms with Crippen molar-refractivity contribution in [1.82, 2.24) is 9.55 Å². The summed E-state index contributed by atoms with van der Waals surface area (Å²) < 4.78 is 2.43. The predicted molar refractivity (Wildman–Crippen MR) is 244 cm³/mol. The average molecular weight is 759 g/mol. The van der Waals surface area contributed by atoms with Gasteiger partial charge < -0.3 is 4.57 Å². The molecule has 0 aliphatic heterocycles. The molecule has 3 heteroatoms. The molecule has 272 valence electrons. The van der Waals surface area contributed by atoms with Crippen molar-refractivity contribution in [3.05, 3.63) is 223 Å². The van der Waals surface area contributed by atoms with Gasteiger partial charge in [0.15, 0.2) is 0 Å². The van der Waals surface area contributed by atoms with Crippen LogP contribution in [0.4, 0.5) is 0 Å². The van der Waals surface area contributed by atoms with Crippen molar-refractivity contribution in [2.75, 3.05) is 0 Å². The molecule has 0 atom stereocenters. The van der Waals surface area contributed by atoms with Crippen LogP contribution in [0, 0.1) is 0 Å². The molecule has 0 radical (unpaired) electrons. The maximum atomic E-state index is 6.79. The van der Waals surface area contributed by atoms with E-state index in [0.717, 1.165) is 66.9 Å². The molecular weight excluding hydrogens is 724 g/mol. The van der Waals surface area contributed by atoms with Crippen molar-refractivity contribution >= 4 is 39.0 Å². The lowest BCUT2D eigenvalue weighted by molar-refractivity contribution is 1.18. The molecule has 58 heavy (non-hydrogen) atoms. The Hall–Kier alpha value is -7.26. The number of hydrogen-bond acceptors (Lipinski definition) is 1. The van der Waals surface area contributed by atoms with Gasteiger partial charge in [0.05, 0.1) is 16.7 Å². The summed E-state index contributed by atoms with van der Waals surface area (Å²) in [6.07, 6.45) is 0. The van der Waals surface area contributed by atoms with Crippen LogP contribution in [-0.4, -0.2) is 9.55 Å². The minimum atomic E-state index is 0.452. The molecule has 0 amide bonds. The number of nitrogens with zero attached hydrogens (tertiary/aromatic N) is 2. The van der Waals surface area contributed by atoms with Gasteiger partial charge in [-0.3, -0.25) is 0 Å². The number of rotatable bonds is 6. The van der Waals surface area contributed by atoms with E-state index in [1.807, 2.05) is 6.07 Å². The van der Waals surface area contributed by atoms with Gasteiger partial charge in [0, 0.05) is 27.6 Å². The number of fused-ring (bicyclic) bond motifs is 6. The van der Waals surface area contributed by atoms with Crippen LogP contribution in [0.25, 0.3) is 100.0 Å². The summed E-state index contributed by atoms with van der Waals surface area (Å²) in [5.41, 5.74) is 20.0. The van der Waals surface area contributed by atoms with Gasteiger partial charge in [-0.15, -0.1) is 0 Å². The van der Waals surface area contributed by atoms with Gasteiger partial charge in [0.1, 0.15) is 5.15 Å². The molecule has 11 rings (SSSR count). The van der Waals surface area contributed by atoms with Crippen LogP contribution in [0.1, 0.15) is 11.1 Å². The van der Waals surface area contributed by atoms with Gasteiger partial charge >= 0.3 is 0 Å². The number of pyridine rings is 1. The van der Waals surface area contributed by atoms with Gasteiger partial charge in [-0.25, -0.2) is 4.98 Å². The summed E-state index contributed by atoms with van der Waals surface area (Å²) in [5.74, 6) is 0. The highest BCUT2D eigenvalue weighted by atomic mass is 35.5. The van der Waals surface area contributed by atoms with Crippen molar-refractivity contribution in [3.8, 4) is 72.6 Å². The maximum absolute atomic E-state index is 6.79. The minimum Gasteiger partial charge on any atom is -0.309 e. The first-order valence-corrected chi connectivity index (χ1v) is 20.0. The highest BCUT2D eigenvalue weighted by Gasteiger charge is 2.27. The van der Waals surface area contributed by atoms with Crippen molar-refractivity contribution in [2.45, 2.75) is 0 Å². The van der Waals surface area contributed by atoms with Gasteiger partial charge in [-0.1, -0.05) is 188 Å². The molecule has 1 aliphatic carbocycles. The summed E-state index contributed by atoms with van der Waals surface area (Å²) >= 11 is 6.79. The van der Waals surface area contributed by atoms with E-state index in [-0.39, 0.29) is 0 Å². The number of benzene rings is 8. The molecule has 2 heterocycles. The zero-order chi connectivity index (χ0) is 38.7. The Bertz CT molecular complexity index is 3110. The molecule has 0 fully saturated rings. The molecule has 0 bridgehead atoms. The molecule has 8 aromatic carbocycles. The van der Waals surface area contributed by atoms with Crippen molar-refractivity contribution in [1.29, 1.82) is 0 Å². The SMILES string of the molecule is C=C1c2ccccc2-c2c1cc(Cl)nc2-c1cccc(-n2c3cc(-c4ccccc4-c4ccccc4)ccc3c3ccc(-c4ccccc4-c4ccccc4)cc32)c1. The Balaban J connectivity index is 1.16. The van der Waals surface area contributed by atoms with E-state index in [2.05, 4.69) is 205 Å². The molecule has 0 saturated heterocycles. The molecule has 2 aromatic heterocycles. The van der Waals surface area contributed by atoms with E-state index in [9.17, 15) is 0 Å². The Morgan fingerprint density at radius 1 is 0.379 bits per heavy atom. The van der Waals surface area contributed by atoms with Crippen molar-refractivity contribution < 1.29 is 0 Å². The summed E-state index contributed by atoms with van der Waals surface area (Å²) in [5, 5.41) is 2.83. The van der Waals surface area contributed by atoms with Gasteiger partial charge in [-0.05, 0) is 97.1 Å². The highest BCUT2D eigenvalue weighted by Crippen LogP contribution is 2.49.